The van der Waals surface area contributed by atoms with Crippen LogP contribution in [0.15, 0.2) is 0 Å². The molecule has 4 aliphatic carbocycles. The van der Waals surface area contributed by atoms with Crippen molar-refractivity contribution in [2.24, 2.45) is 23.2 Å². The highest BCUT2D eigenvalue weighted by molar-refractivity contribution is 7.86. The molecule has 4 rings (SSSR count). The van der Waals surface area contributed by atoms with E-state index < -0.39 is 33.5 Å². The lowest BCUT2D eigenvalue weighted by atomic mass is 9.49. The van der Waals surface area contributed by atoms with Gasteiger partial charge in [-0.1, -0.05) is 0 Å². The Kier molecular flexibility index (Phi) is 5.74. The summed E-state index contributed by atoms with van der Waals surface area (Å²) in [5.74, 6) is 1.44. The molecule has 4 aliphatic rings. The van der Waals surface area contributed by atoms with Gasteiger partial charge in [0.05, 0.1) is 18.6 Å². The molecular weight excluding hydrogens is 408 g/mol. The third-order valence-electron chi connectivity index (χ3n) is 6.19. The molecule has 0 aromatic carbocycles. The van der Waals surface area contributed by atoms with Gasteiger partial charge in [-0.05, 0) is 69.1 Å². The molecule has 0 heterocycles. The number of esters is 1. The predicted octanol–water partition coefficient (Wildman–Crippen LogP) is 3.62. The van der Waals surface area contributed by atoms with Crippen LogP contribution in [0.4, 0.5) is 17.6 Å². The highest BCUT2D eigenvalue weighted by Crippen LogP contribution is 2.60. The van der Waals surface area contributed by atoms with E-state index in [-0.39, 0.29) is 25.4 Å². The summed E-state index contributed by atoms with van der Waals surface area (Å²) in [6.07, 6.45) is 0.603. The molecule has 4 bridgehead atoms. The lowest BCUT2D eigenvalue weighted by molar-refractivity contribution is -0.318. The van der Waals surface area contributed by atoms with Crippen molar-refractivity contribution >= 4 is 16.1 Å². The molecule has 0 atom stereocenters. The number of rotatable bonds is 9. The molecule has 162 valence electrons. The quantitative estimate of drug-likeness (QED) is 0.259. The molecule has 0 spiro atoms. The molecule has 1 N–H and O–H groups in total. The Bertz CT molecular complexity index is 673. The Morgan fingerprint density at radius 2 is 1.43 bits per heavy atom. The summed E-state index contributed by atoms with van der Waals surface area (Å²) >= 11 is 0. The van der Waals surface area contributed by atoms with Gasteiger partial charge in [-0.2, -0.15) is 26.0 Å². The zero-order chi connectivity index (χ0) is 20.8. The molecule has 6 nitrogen and oxygen atoms in total. The zero-order valence-electron chi connectivity index (χ0n) is 15.2. The summed E-state index contributed by atoms with van der Waals surface area (Å²) in [5.41, 5.74) is -0.435. The summed E-state index contributed by atoms with van der Waals surface area (Å²) in [5, 5.41) is -5.75. The van der Waals surface area contributed by atoms with E-state index in [2.05, 4.69) is 4.74 Å². The van der Waals surface area contributed by atoms with Crippen molar-refractivity contribution in [1.82, 2.24) is 0 Å². The van der Waals surface area contributed by atoms with Crippen LogP contribution in [0.2, 0.25) is 0 Å². The van der Waals surface area contributed by atoms with E-state index in [9.17, 15) is 30.8 Å². The van der Waals surface area contributed by atoms with Crippen LogP contribution in [-0.4, -0.2) is 43.5 Å². The van der Waals surface area contributed by atoms with E-state index in [4.69, 9.17) is 9.29 Å². The van der Waals surface area contributed by atoms with E-state index >= 15 is 0 Å². The van der Waals surface area contributed by atoms with Crippen molar-refractivity contribution in [1.29, 1.82) is 0 Å². The Morgan fingerprint density at radius 3 is 1.89 bits per heavy atom. The first kappa shape index (κ1) is 21.8. The van der Waals surface area contributed by atoms with Crippen molar-refractivity contribution in [3.63, 3.8) is 0 Å². The summed E-state index contributed by atoms with van der Waals surface area (Å²) in [6.45, 7) is -0.933. The van der Waals surface area contributed by atoms with E-state index in [1.165, 1.54) is 19.3 Å². The first-order valence-electron chi connectivity index (χ1n) is 9.40. The Balaban J connectivity index is 1.39. The van der Waals surface area contributed by atoms with Gasteiger partial charge in [0.15, 0.2) is 0 Å². The normalized spacial score (nSPS) is 32.5. The summed E-state index contributed by atoms with van der Waals surface area (Å²) < 4.78 is 90.2. The van der Waals surface area contributed by atoms with Crippen LogP contribution in [0, 0.1) is 23.2 Å². The highest BCUT2D eigenvalue weighted by atomic mass is 32.2. The fraction of sp³-hybridized carbons (Fsp3) is 0.941. The zero-order valence-corrected chi connectivity index (χ0v) is 16.0. The monoisotopic (exact) mass is 432 g/mol. The molecule has 11 heteroatoms. The maximum atomic E-state index is 13.2. The van der Waals surface area contributed by atoms with Crippen molar-refractivity contribution in [3.05, 3.63) is 0 Å². The first-order valence-corrected chi connectivity index (χ1v) is 10.8. The fourth-order valence-electron chi connectivity index (χ4n) is 5.32. The molecule has 0 aromatic heterocycles. The Labute approximate surface area is 160 Å². The van der Waals surface area contributed by atoms with Crippen LogP contribution in [-0.2, 0) is 24.4 Å². The number of ether oxygens (including phenoxy) is 2. The van der Waals surface area contributed by atoms with E-state index in [1.807, 2.05) is 0 Å². The van der Waals surface area contributed by atoms with Crippen LogP contribution in [0.5, 0.6) is 0 Å². The Morgan fingerprint density at radius 1 is 0.964 bits per heavy atom. The molecule has 28 heavy (non-hydrogen) atoms. The van der Waals surface area contributed by atoms with Gasteiger partial charge in [0.25, 0.3) is 0 Å². The second-order valence-corrected chi connectivity index (χ2v) is 9.86. The summed E-state index contributed by atoms with van der Waals surface area (Å²) in [4.78, 5) is 12.6. The fourth-order valence-corrected chi connectivity index (χ4v) is 5.68. The molecule has 4 saturated carbocycles. The van der Waals surface area contributed by atoms with Gasteiger partial charge >= 0.3 is 27.5 Å². The van der Waals surface area contributed by atoms with Crippen LogP contribution >= 0.6 is 0 Å². The van der Waals surface area contributed by atoms with Crippen LogP contribution in [0.3, 0.4) is 0 Å². The van der Waals surface area contributed by atoms with Gasteiger partial charge in [0, 0.05) is 0 Å². The molecular formula is C17H24F4O6S. The SMILES string of the molecule is O=C(OCCCCOC(F)(F)C(F)(F)S(=O)(=O)O)C12CC3CC(CC(C3)C1)C2. The minimum absolute atomic E-state index is 0.0514. The van der Waals surface area contributed by atoms with Crippen molar-refractivity contribution in [2.45, 2.75) is 62.7 Å². The molecule has 0 aromatic rings. The van der Waals surface area contributed by atoms with Gasteiger partial charge in [-0.15, -0.1) is 0 Å². The average molecular weight is 432 g/mol. The lowest BCUT2D eigenvalue weighted by Gasteiger charge is -2.55. The van der Waals surface area contributed by atoms with E-state index in [0.717, 1.165) is 19.3 Å². The number of unbranched alkanes of at least 4 members (excludes halogenated alkanes) is 1. The molecule has 0 amide bonds. The average Bonchev–Trinajstić information content (AvgIpc) is 2.55. The standard InChI is InChI=1S/C17H24F4O6S/c18-16(19,17(20,21)28(23,24)25)27-4-2-1-3-26-14(22)15-8-11-5-12(9-15)7-13(6-11)10-15/h11-13H,1-10H2,(H,23,24,25). The second kappa shape index (κ2) is 7.39. The minimum Gasteiger partial charge on any atom is -0.465 e. The molecule has 0 saturated heterocycles. The number of hydrogen-bond acceptors (Lipinski definition) is 5. The topological polar surface area (TPSA) is 89.9 Å². The molecule has 0 unspecified atom stereocenters. The van der Waals surface area contributed by atoms with Crippen LogP contribution in [0.1, 0.15) is 51.4 Å². The number of halogens is 4. The van der Waals surface area contributed by atoms with Gasteiger partial charge in [0.2, 0.25) is 0 Å². The number of carbonyl (C=O) groups is 1. The molecule has 0 aliphatic heterocycles. The number of carbonyl (C=O) groups excluding carboxylic acids is 1. The Hall–Kier alpha value is -0.940. The summed E-state index contributed by atoms with van der Waals surface area (Å²) in [6, 6.07) is 0. The van der Waals surface area contributed by atoms with Crippen molar-refractivity contribution in [2.75, 3.05) is 13.2 Å². The minimum atomic E-state index is -6.32. The van der Waals surface area contributed by atoms with Gasteiger partial charge in [-0.25, -0.2) is 0 Å². The van der Waals surface area contributed by atoms with Crippen LogP contribution in [0.25, 0.3) is 0 Å². The van der Waals surface area contributed by atoms with Crippen molar-refractivity contribution < 1.29 is 44.8 Å². The lowest BCUT2D eigenvalue weighted by Crippen LogP contribution is -2.50. The first-order chi connectivity index (χ1) is 12.9. The maximum Gasteiger partial charge on any atom is 0.459 e. The predicted molar refractivity (Wildman–Crippen MR) is 88.2 cm³/mol. The highest BCUT2D eigenvalue weighted by Gasteiger charge is 2.67. The van der Waals surface area contributed by atoms with E-state index in [0.29, 0.717) is 17.8 Å². The number of hydrogen-bond donors (Lipinski definition) is 1. The summed E-state index contributed by atoms with van der Waals surface area (Å²) in [7, 11) is -6.32. The van der Waals surface area contributed by atoms with Gasteiger partial charge in [0.1, 0.15) is 0 Å². The largest absolute Gasteiger partial charge is 0.465 e. The third-order valence-corrected chi connectivity index (χ3v) is 7.07. The third kappa shape index (κ3) is 4.02. The van der Waals surface area contributed by atoms with Crippen LogP contribution < -0.4 is 0 Å². The van der Waals surface area contributed by atoms with Gasteiger partial charge < -0.3 is 9.47 Å². The molecule has 0 radical (unpaired) electrons. The van der Waals surface area contributed by atoms with Gasteiger partial charge in [-0.3, -0.25) is 9.35 Å². The second-order valence-electron chi connectivity index (χ2n) is 8.40. The molecule has 4 fully saturated rings. The van der Waals surface area contributed by atoms with Crippen molar-refractivity contribution in [3.8, 4) is 0 Å². The smallest absolute Gasteiger partial charge is 0.459 e. The van der Waals surface area contributed by atoms with E-state index in [1.54, 1.807) is 0 Å². The number of alkyl halides is 4. The maximum absolute atomic E-state index is 13.2.